The molecule has 1 unspecified atom stereocenters. The highest BCUT2D eigenvalue weighted by Crippen LogP contribution is 2.29. The number of benzene rings is 1. The van der Waals surface area contributed by atoms with Crippen molar-refractivity contribution < 1.29 is 9.47 Å². The minimum Gasteiger partial charge on any atom is -0.493 e. The van der Waals surface area contributed by atoms with E-state index in [1.807, 2.05) is 18.2 Å². The number of anilines is 1. The van der Waals surface area contributed by atoms with Gasteiger partial charge in [0.05, 0.1) is 14.2 Å². The molecule has 0 saturated carbocycles. The number of likely N-dealkylation sites (tertiary alicyclic amines) is 1. The number of rotatable bonds is 6. The Morgan fingerprint density at radius 3 is 2.46 bits per heavy atom. The van der Waals surface area contributed by atoms with E-state index >= 15 is 0 Å². The van der Waals surface area contributed by atoms with Crippen LogP contribution in [0.25, 0.3) is 0 Å². The second kappa shape index (κ2) is 11.5. The summed E-state index contributed by atoms with van der Waals surface area (Å²) >= 11 is 0. The average Bonchev–Trinajstić information content (AvgIpc) is 2.65. The Hall–Kier alpha value is -1.22. The Morgan fingerprint density at radius 2 is 1.88 bits per heavy atom. The van der Waals surface area contributed by atoms with Crippen LogP contribution < -0.4 is 20.1 Å². The first-order valence-corrected chi connectivity index (χ1v) is 9.01. The monoisotopic (exact) mass is 476 g/mol. The lowest BCUT2D eigenvalue weighted by Crippen LogP contribution is -2.46. The zero-order chi connectivity index (χ0) is 18.2. The SMILES string of the molecule is CN=C(NCC(C)N1CCC(C)CC1)Nc1ccc(OC)c(OC)c1.I. The van der Waals surface area contributed by atoms with Gasteiger partial charge in [-0.05, 0) is 50.9 Å². The van der Waals surface area contributed by atoms with E-state index in [1.54, 1.807) is 21.3 Å². The van der Waals surface area contributed by atoms with E-state index < -0.39 is 0 Å². The minimum atomic E-state index is 0. The normalized spacial score (nSPS) is 17.2. The zero-order valence-corrected chi connectivity index (χ0v) is 18.9. The van der Waals surface area contributed by atoms with E-state index in [2.05, 4.69) is 34.4 Å². The number of aliphatic imine (C=N–C) groups is 1. The maximum atomic E-state index is 5.35. The van der Waals surface area contributed by atoms with Crippen molar-refractivity contribution in [2.45, 2.75) is 32.7 Å². The number of piperidine rings is 1. The van der Waals surface area contributed by atoms with Gasteiger partial charge in [-0.15, -0.1) is 24.0 Å². The molecular weight excluding hydrogens is 443 g/mol. The molecule has 1 atom stereocenters. The maximum absolute atomic E-state index is 5.35. The Morgan fingerprint density at radius 1 is 1.23 bits per heavy atom. The van der Waals surface area contributed by atoms with Gasteiger partial charge in [-0.25, -0.2) is 0 Å². The van der Waals surface area contributed by atoms with Gasteiger partial charge in [0.15, 0.2) is 17.5 Å². The van der Waals surface area contributed by atoms with E-state index in [4.69, 9.17) is 9.47 Å². The van der Waals surface area contributed by atoms with Gasteiger partial charge in [-0.2, -0.15) is 0 Å². The third-order valence-electron chi connectivity index (χ3n) is 4.88. The van der Waals surface area contributed by atoms with E-state index in [-0.39, 0.29) is 24.0 Å². The zero-order valence-electron chi connectivity index (χ0n) is 16.5. The molecule has 2 rings (SSSR count). The van der Waals surface area contributed by atoms with Crippen molar-refractivity contribution in [2.24, 2.45) is 10.9 Å². The second-order valence-electron chi connectivity index (χ2n) is 6.72. The number of ether oxygens (including phenoxy) is 2. The summed E-state index contributed by atoms with van der Waals surface area (Å²) in [4.78, 5) is 6.87. The molecule has 7 heteroatoms. The molecule has 0 aromatic heterocycles. The summed E-state index contributed by atoms with van der Waals surface area (Å²) in [5.74, 6) is 3.02. The van der Waals surface area contributed by atoms with Gasteiger partial charge < -0.3 is 20.1 Å². The van der Waals surface area contributed by atoms with E-state index in [0.29, 0.717) is 17.5 Å². The molecule has 1 aliphatic rings. The largest absolute Gasteiger partial charge is 0.493 e. The van der Waals surface area contributed by atoms with Crippen LogP contribution >= 0.6 is 24.0 Å². The standard InChI is InChI=1S/C19H32N4O2.HI/c1-14-8-10-23(11-9-14)15(2)13-21-19(20-3)22-16-6-7-17(24-4)18(12-16)25-5;/h6-7,12,14-15H,8-11,13H2,1-5H3,(H2,20,21,22);1H. The quantitative estimate of drug-likeness (QED) is 0.375. The van der Waals surface area contributed by atoms with Crippen LogP contribution in [0.2, 0.25) is 0 Å². The molecule has 26 heavy (non-hydrogen) atoms. The molecule has 1 heterocycles. The Bertz CT molecular complexity index is 575. The molecule has 1 aromatic carbocycles. The van der Waals surface area contributed by atoms with Crippen LogP contribution in [0.5, 0.6) is 11.5 Å². The van der Waals surface area contributed by atoms with Crippen molar-refractivity contribution in [1.82, 2.24) is 10.2 Å². The molecule has 0 bridgehead atoms. The molecule has 1 fully saturated rings. The van der Waals surface area contributed by atoms with Crippen molar-refractivity contribution in [3.8, 4) is 11.5 Å². The van der Waals surface area contributed by atoms with Crippen LogP contribution in [0.3, 0.4) is 0 Å². The van der Waals surface area contributed by atoms with Gasteiger partial charge in [0.2, 0.25) is 0 Å². The summed E-state index contributed by atoms with van der Waals surface area (Å²) in [6.07, 6.45) is 2.59. The highest BCUT2D eigenvalue weighted by atomic mass is 127. The van der Waals surface area contributed by atoms with Crippen LogP contribution in [-0.2, 0) is 0 Å². The number of halogens is 1. The summed E-state index contributed by atoms with van der Waals surface area (Å²) in [7, 11) is 5.05. The molecule has 0 spiro atoms. The fraction of sp³-hybridized carbons (Fsp3) is 0.632. The van der Waals surface area contributed by atoms with Crippen molar-refractivity contribution >= 4 is 35.6 Å². The van der Waals surface area contributed by atoms with Gasteiger partial charge in [-0.1, -0.05) is 6.92 Å². The lowest BCUT2D eigenvalue weighted by atomic mass is 9.98. The molecule has 2 N–H and O–H groups in total. The molecule has 1 aromatic rings. The van der Waals surface area contributed by atoms with E-state index in [1.165, 1.54) is 25.9 Å². The Kier molecular flexibility index (Phi) is 10.1. The fourth-order valence-electron chi connectivity index (χ4n) is 3.07. The summed E-state index contributed by atoms with van der Waals surface area (Å²) in [6, 6.07) is 6.22. The average molecular weight is 476 g/mol. The third-order valence-corrected chi connectivity index (χ3v) is 4.88. The van der Waals surface area contributed by atoms with E-state index in [9.17, 15) is 0 Å². The lowest BCUT2D eigenvalue weighted by molar-refractivity contribution is 0.148. The lowest BCUT2D eigenvalue weighted by Gasteiger charge is -2.35. The van der Waals surface area contributed by atoms with E-state index in [0.717, 1.165) is 24.1 Å². The first-order chi connectivity index (χ1) is 12.1. The van der Waals surface area contributed by atoms with Crippen LogP contribution in [0.15, 0.2) is 23.2 Å². The van der Waals surface area contributed by atoms with Gasteiger partial charge in [-0.3, -0.25) is 9.89 Å². The molecule has 0 aliphatic carbocycles. The molecule has 0 amide bonds. The first kappa shape index (κ1) is 22.8. The van der Waals surface area contributed by atoms with Crippen LogP contribution in [0.1, 0.15) is 26.7 Å². The van der Waals surface area contributed by atoms with Crippen molar-refractivity contribution in [3.63, 3.8) is 0 Å². The van der Waals surface area contributed by atoms with Crippen molar-refractivity contribution in [2.75, 3.05) is 46.2 Å². The number of methoxy groups -OCH3 is 2. The third kappa shape index (κ3) is 6.50. The van der Waals surface area contributed by atoms with Gasteiger partial charge in [0.1, 0.15) is 0 Å². The second-order valence-corrected chi connectivity index (χ2v) is 6.72. The molecular formula is C19H33IN4O2. The predicted molar refractivity (Wildman–Crippen MR) is 119 cm³/mol. The highest BCUT2D eigenvalue weighted by Gasteiger charge is 2.20. The Balaban J connectivity index is 0.00000338. The maximum Gasteiger partial charge on any atom is 0.195 e. The highest BCUT2D eigenvalue weighted by molar-refractivity contribution is 14.0. The molecule has 1 saturated heterocycles. The molecule has 0 radical (unpaired) electrons. The van der Waals surface area contributed by atoms with Gasteiger partial charge in [0, 0.05) is 31.4 Å². The van der Waals surface area contributed by atoms with Crippen LogP contribution in [0, 0.1) is 5.92 Å². The molecule has 6 nitrogen and oxygen atoms in total. The first-order valence-electron chi connectivity index (χ1n) is 9.01. The van der Waals surface area contributed by atoms with Crippen molar-refractivity contribution in [1.29, 1.82) is 0 Å². The van der Waals surface area contributed by atoms with Gasteiger partial charge in [0.25, 0.3) is 0 Å². The summed E-state index contributed by atoms with van der Waals surface area (Å²) in [5.41, 5.74) is 0.908. The topological polar surface area (TPSA) is 58.1 Å². The van der Waals surface area contributed by atoms with Crippen LogP contribution in [-0.4, -0.2) is 57.8 Å². The Labute approximate surface area is 174 Å². The van der Waals surface area contributed by atoms with Crippen LogP contribution in [0.4, 0.5) is 5.69 Å². The number of guanidine groups is 1. The summed E-state index contributed by atoms with van der Waals surface area (Å²) < 4.78 is 10.6. The number of nitrogens with zero attached hydrogens (tertiary/aromatic N) is 2. The minimum absolute atomic E-state index is 0. The molecule has 148 valence electrons. The molecule has 1 aliphatic heterocycles. The van der Waals surface area contributed by atoms with Gasteiger partial charge >= 0.3 is 0 Å². The number of hydrogen-bond donors (Lipinski definition) is 2. The number of nitrogens with one attached hydrogen (secondary N) is 2. The summed E-state index contributed by atoms with van der Waals surface area (Å²) in [6.45, 7) is 7.85. The number of hydrogen-bond acceptors (Lipinski definition) is 4. The van der Waals surface area contributed by atoms with Crippen molar-refractivity contribution in [3.05, 3.63) is 18.2 Å². The predicted octanol–water partition coefficient (Wildman–Crippen LogP) is 3.43. The summed E-state index contributed by atoms with van der Waals surface area (Å²) in [5, 5.41) is 6.72. The fourth-order valence-corrected chi connectivity index (χ4v) is 3.07. The smallest absolute Gasteiger partial charge is 0.195 e.